The van der Waals surface area contributed by atoms with Gasteiger partial charge in [-0.3, -0.25) is 9.59 Å². The molecule has 2 N–H and O–H groups in total. The lowest BCUT2D eigenvalue weighted by Crippen LogP contribution is -2.19. The molecule has 120 valence electrons. The minimum Gasteiger partial charge on any atom is -0.466 e. The van der Waals surface area contributed by atoms with Crippen LogP contribution in [0.2, 0.25) is 0 Å². The minimum atomic E-state index is -0.558. The first-order chi connectivity index (χ1) is 10.5. The highest BCUT2D eigenvalue weighted by Crippen LogP contribution is 2.21. The van der Waals surface area contributed by atoms with E-state index in [0.717, 1.165) is 11.8 Å². The highest BCUT2D eigenvalue weighted by molar-refractivity contribution is 8.05. The predicted molar refractivity (Wildman–Crippen MR) is 82.6 cm³/mol. The maximum Gasteiger partial charge on any atom is 0.323 e. The smallest absolute Gasteiger partial charge is 0.323 e. The molecule has 1 atom stereocenters. The molecule has 1 heterocycles. The van der Waals surface area contributed by atoms with Gasteiger partial charge in [-0.1, -0.05) is 6.42 Å². The Morgan fingerprint density at radius 1 is 1.36 bits per heavy atom. The summed E-state index contributed by atoms with van der Waals surface area (Å²) in [5.74, 6) is -0.539. The van der Waals surface area contributed by atoms with Crippen molar-refractivity contribution in [2.45, 2.75) is 44.8 Å². The van der Waals surface area contributed by atoms with Gasteiger partial charge in [0.25, 0.3) is 0 Å². The lowest BCUT2D eigenvalue weighted by Gasteiger charge is -2.11. The zero-order valence-electron chi connectivity index (χ0n) is 12.6. The Balaban J connectivity index is 2.57. The number of aryl methyl sites for hydroxylation is 1. The highest BCUT2D eigenvalue weighted by atomic mass is 32.2. The van der Waals surface area contributed by atoms with Crippen LogP contribution >= 0.6 is 11.8 Å². The molecule has 0 aliphatic heterocycles. The summed E-state index contributed by atoms with van der Waals surface area (Å²) >= 11 is 0.870. The molecule has 22 heavy (non-hydrogen) atoms. The summed E-state index contributed by atoms with van der Waals surface area (Å²) < 4.78 is 4.82. The summed E-state index contributed by atoms with van der Waals surface area (Å²) in [6.07, 6.45) is 1.98. The molecule has 7 nitrogen and oxygen atoms in total. The van der Waals surface area contributed by atoms with Crippen molar-refractivity contribution in [3.8, 4) is 5.40 Å². The Morgan fingerprint density at radius 2 is 2.09 bits per heavy atom. The standard InChI is InChI=1S/C14H19N3O4S/c1-3-21-11(18)7-5-4-6-10(22-8-15)13(19)12-9(2)16-14(20)17-12/h10H,3-7H2,1-2H3,(H2,16,17,20)/t10-/m0/s1. The molecule has 0 spiro atoms. The SMILES string of the molecule is CCOC(=O)CCCC[C@H](SC#N)C(=O)c1[nH]c(=O)[nH]c1C. The topological polar surface area (TPSA) is 116 Å². The van der Waals surface area contributed by atoms with E-state index >= 15 is 0 Å². The number of aromatic nitrogens is 2. The fourth-order valence-corrected chi connectivity index (χ4v) is 2.65. The molecule has 1 rings (SSSR count). The number of nitriles is 1. The normalized spacial score (nSPS) is 11.7. The van der Waals surface area contributed by atoms with Crippen LogP contribution in [0, 0.1) is 17.6 Å². The van der Waals surface area contributed by atoms with E-state index < -0.39 is 10.9 Å². The van der Waals surface area contributed by atoms with Crippen molar-refractivity contribution in [3.05, 3.63) is 21.9 Å². The first-order valence-corrected chi connectivity index (χ1v) is 7.91. The Bertz CT molecular complexity index is 614. The van der Waals surface area contributed by atoms with Crippen molar-refractivity contribution in [1.82, 2.24) is 9.97 Å². The molecular formula is C14H19N3O4S. The van der Waals surface area contributed by atoms with Gasteiger partial charge in [-0.15, -0.1) is 0 Å². The monoisotopic (exact) mass is 325 g/mol. The van der Waals surface area contributed by atoms with Crippen LogP contribution < -0.4 is 5.69 Å². The Hall–Kier alpha value is -2.01. The molecule has 0 radical (unpaired) electrons. The van der Waals surface area contributed by atoms with Gasteiger partial charge < -0.3 is 14.7 Å². The lowest BCUT2D eigenvalue weighted by atomic mass is 10.1. The number of hydrogen-bond donors (Lipinski definition) is 2. The van der Waals surface area contributed by atoms with Crippen LogP contribution in [0.15, 0.2) is 4.79 Å². The van der Waals surface area contributed by atoms with E-state index in [4.69, 9.17) is 10.00 Å². The molecule has 0 fully saturated rings. The van der Waals surface area contributed by atoms with E-state index in [9.17, 15) is 14.4 Å². The van der Waals surface area contributed by atoms with Crippen LogP contribution in [0.5, 0.6) is 0 Å². The van der Waals surface area contributed by atoms with Crippen LogP contribution in [-0.2, 0) is 9.53 Å². The second kappa shape index (κ2) is 9.10. The second-order valence-electron chi connectivity index (χ2n) is 4.69. The number of thioether (sulfide) groups is 1. The summed E-state index contributed by atoms with van der Waals surface area (Å²) in [7, 11) is 0. The summed E-state index contributed by atoms with van der Waals surface area (Å²) in [4.78, 5) is 39.7. The molecule has 0 unspecified atom stereocenters. The van der Waals surface area contributed by atoms with E-state index in [1.165, 1.54) is 0 Å². The van der Waals surface area contributed by atoms with Crippen LogP contribution in [-0.4, -0.2) is 33.6 Å². The summed E-state index contributed by atoms with van der Waals surface area (Å²) in [5.41, 5.74) is 0.233. The molecule has 0 aliphatic carbocycles. The van der Waals surface area contributed by atoms with E-state index in [2.05, 4.69) is 9.97 Å². The molecular weight excluding hydrogens is 306 g/mol. The number of Topliss-reactive ketones (excluding diaryl/α,β-unsaturated/α-hetero) is 1. The average molecular weight is 325 g/mol. The van der Waals surface area contributed by atoms with Gasteiger partial charge in [-0.25, -0.2) is 4.79 Å². The largest absolute Gasteiger partial charge is 0.466 e. The number of ketones is 1. The van der Waals surface area contributed by atoms with Gasteiger partial charge in [0.15, 0.2) is 5.78 Å². The quantitative estimate of drug-likeness (QED) is 0.310. The van der Waals surface area contributed by atoms with Gasteiger partial charge in [-0.05, 0) is 38.5 Å². The first kappa shape index (κ1) is 18.0. The number of imidazole rings is 1. The number of carbonyl (C=O) groups excluding carboxylic acids is 2. The van der Waals surface area contributed by atoms with Gasteiger partial charge in [0, 0.05) is 12.1 Å². The van der Waals surface area contributed by atoms with Gasteiger partial charge in [0.2, 0.25) is 0 Å². The van der Waals surface area contributed by atoms with Gasteiger partial charge in [-0.2, -0.15) is 5.26 Å². The number of thiocyanates is 1. The molecule has 0 saturated heterocycles. The second-order valence-corrected chi connectivity index (χ2v) is 5.68. The molecule has 0 bridgehead atoms. The number of H-pyrrole nitrogens is 2. The molecule has 1 aromatic heterocycles. The molecule has 0 aliphatic rings. The van der Waals surface area contributed by atoms with Crippen molar-refractivity contribution in [2.24, 2.45) is 0 Å². The molecule has 0 aromatic carbocycles. The summed E-state index contributed by atoms with van der Waals surface area (Å²) in [5, 5.41) is 10.2. The van der Waals surface area contributed by atoms with Crippen molar-refractivity contribution < 1.29 is 14.3 Å². The Morgan fingerprint density at radius 3 is 2.64 bits per heavy atom. The highest BCUT2D eigenvalue weighted by Gasteiger charge is 2.24. The molecule has 0 saturated carbocycles. The third kappa shape index (κ3) is 5.41. The average Bonchev–Trinajstić information content (AvgIpc) is 2.80. The van der Waals surface area contributed by atoms with Crippen molar-refractivity contribution in [2.75, 3.05) is 6.61 Å². The molecule has 1 aromatic rings. The molecule has 8 heteroatoms. The minimum absolute atomic E-state index is 0.211. The number of nitrogens with zero attached hydrogens (tertiary/aromatic N) is 1. The number of unbranched alkanes of at least 4 members (excludes halogenated alkanes) is 1. The van der Waals surface area contributed by atoms with E-state index in [1.54, 1.807) is 13.8 Å². The maximum atomic E-state index is 12.3. The first-order valence-electron chi connectivity index (χ1n) is 7.03. The van der Waals surface area contributed by atoms with Gasteiger partial charge in [0.05, 0.1) is 11.9 Å². The zero-order valence-corrected chi connectivity index (χ0v) is 13.4. The zero-order chi connectivity index (χ0) is 16.5. The third-order valence-corrected chi connectivity index (χ3v) is 3.89. The van der Waals surface area contributed by atoms with E-state index in [1.807, 2.05) is 5.40 Å². The maximum absolute atomic E-state index is 12.3. The fourth-order valence-electron chi connectivity index (χ4n) is 2.02. The van der Waals surface area contributed by atoms with E-state index in [-0.39, 0.29) is 17.4 Å². The number of ether oxygens (including phenoxy) is 1. The number of carbonyl (C=O) groups is 2. The number of aromatic amines is 2. The van der Waals surface area contributed by atoms with Gasteiger partial charge in [0.1, 0.15) is 11.1 Å². The number of rotatable bonds is 9. The van der Waals surface area contributed by atoms with Crippen LogP contribution in [0.25, 0.3) is 0 Å². The van der Waals surface area contributed by atoms with Crippen LogP contribution in [0.4, 0.5) is 0 Å². The summed E-state index contributed by atoms with van der Waals surface area (Å²) in [6, 6.07) is 0. The molecule has 0 amide bonds. The third-order valence-electron chi connectivity index (χ3n) is 3.05. The van der Waals surface area contributed by atoms with E-state index in [0.29, 0.717) is 38.0 Å². The lowest BCUT2D eigenvalue weighted by molar-refractivity contribution is -0.143. The van der Waals surface area contributed by atoms with Crippen LogP contribution in [0.1, 0.15) is 48.8 Å². The number of esters is 1. The van der Waals surface area contributed by atoms with Crippen molar-refractivity contribution in [1.29, 1.82) is 5.26 Å². The predicted octanol–water partition coefficient (Wildman–Crippen LogP) is 1.90. The number of hydrogen-bond acceptors (Lipinski definition) is 6. The Labute approximate surface area is 132 Å². The van der Waals surface area contributed by atoms with Crippen LogP contribution in [0.3, 0.4) is 0 Å². The Kier molecular flexibility index (Phi) is 7.46. The van der Waals surface area contributed by atoms with Gasteiger partial charge >= 0.3 is 11.7 Å². The van der Waals surface area contributed by atoms with Crippen molar-refractivity contribution >= 4 is 23.5 Å². The van der Waals surface area contributed by atoms with Crippen molar-refractivity contribution in [3.63, 3.8) is 0 Å². The number of nitrogens with one attached hydrogen (secondary N) is 2. The summed E-state index contributed by atoms with van der Waals surface area (Å²) in [6.45, 7) is 3.72. The fraction of sp³-hybridized carbons (Fsp3) is 0.571.